The maximum Gasteiger partial charge on any atom is 0.145 e. The zero-order chi connectivity index (χ0) is 12.6. The second-order valence-corrected chi connectivity index (χ2v) is 6.00. The fraction of sp³-hybridized carbons (Fsp3) is 0.667. The number of aliphatic hydroxyl groups is 1. The van der Waals surface area contributed by atoms with Crippen LogP contribution in [0.3, 0.4) is 0 Å². The molecule has 17 heavy (non-hydrogen) atoms. The van der Waals surface area contributed by atoms with Crippen LogP contribution < -0.4 is 0 Å². The predicted octanol–water partition coefficient (Wildman–Crippen LogP) is 2.88. The summed E-state index contributed by atoms with van der Waals surface area (Å²) in [5.41, 5.74) is 1.96. The van der Waals surface area contributed by atoms with Gasteiger partial charge in [-0.25, -0.2) is 0 Å². The molecule has 2 saturated carbocycles. The molecule has 0 aliphatic heterocycles. The normalized spacial score (nSPS) is 41.8. The Labute approximate surface area is 103 Å². The van der Waals surface area contributed by atoms with Gasteiger partial charge in [0.1, 0.15) is 6.29 Å². The van der Waals surface area contributed by atoms with Crippen LogP contribution in [-0.4, -0.2) is 17.5 Å². The molecule has 0 aromatic heterocycles. The first-order chi connectivity index (χ1) is 7.98. The van der Waals surface area contributed by atoms with Crippen LogP contribution in [0.15, 0.2) is 24.3 Å². The Morgan fingerprint density at radius 1 is 1.47 bits per heavy atom. The first-order valence-electron chi connectivity index (χ1n) is 6.48. The summed E-state index contributed by atoms with van der Waals surface area (Å²) >= 11 is 0. The van der Waals surface area contributed by atoms with Crippen LogP contribution in [-0.2, 0) is 4.79 Å². The highest BCUT2D eigenvalue weighted by atomic mass is 16.3. The van der Waals surface area contributed by atoms with Crippen LogP contribution in [0.25, 0.3) is 0 Å². The summed E-state index contributed by atoms with van der Waals surface area (Å²) < 4.78 is 0. The quantitative estimate of drug-likeness (QED) is 0.453. The summed E-state index contributed by atoms with van der Waals surface area (Å²) in [5, 5.41) is 9.92. The van der Waals surface area contributed by atoms with Crippen LogP contribution in [0, 0.1) is 17.3 Å². The van der Waals surface area contributed by atoms with E-state index >= 15 is 0 Å². The molecule has 0 aromatic carbocycles. The van der Waals surface area contributed by atoms with Gasteiger partial charge >= 0.3 is 0 Å². The molecule has 2 aliphatic rings. The molecular weight excluding hydrogens is 212 g/mol. The number of aliphatic hydroxyl groups excluding tert-OH is 1. The van der Waals surface area contributed by atoms with Gasteiger partial charge in [-0.3, -0.25) is 4.79 Å². The maximum atomic E-state index is 10.8. The number of rotatable bonds is 2. The number of hydrogen-bond acceptors (Lipinski definition) is 2. The zero-order valence-corrected chi connectivity index (χ0v) is 10.6. The van der Waals surface area contributed by atoms with Crippen LogP contribution in [0.4, 0.5) is 0 Å². The molecule has 0 bridgehead atoms. The standard InChI is InChI=1S/C15H22O2/c1-10(9-16)12-4-6-15(3)7-5-14(17)11(2)13(15)8-12/h9,12-14,17H,1-2,4-8H2,3H3/t12-,13-,14-,15+/m1/s1. The third kappa shape index (κ3) is 2.11. The molecule has 0 unspecified atom stereocenters. The van der Waals surface area contributed by atoms with Crippen LogP contribution in [0.5, 0.6) is 0 Å². The van der Waals surface area contributed by atoms with E-state index in [0.717, 1.165) is 44.0 Å². The van der Waals surface area contributed by atoms with Gasteiger partial charge in [-0.2, -0.15) is 0 Å². The van der Waals surface area contributed by atoms with Gasteiger partial charge in [-0.05, 0) is 60.5 Å². The molecular formula is C15H22O2. The Kier molecular flexibility index (Phi) is 3.26. The van der Waals surface area contributed by atoms with Crippen LogP contribution in [0.2, 0.25) is 0 Å². The molecule has 0 amide bonds. The first-order valence-corrected chi connectivity index (χ1v) is 6.48. The van der Waals surface area contributed by atoms with Crippen molar-refractivity contribution in [3.05, 3.63) is 24.3 Å². The summed E-state index contributed by atoms with van der Waals surface area (Å²) in [6.45, 7) is 10.2. The molecule has 0 spiro atoms. The largest absolute Gasteiger partial charge is 0.389 e. The molecule has 2 nitrogen and oxygen atoms in total. The van der Waals surface area contributed by atoms with Gasteiger partial charge in [-0.1, -0.05) is 20.1 Å². The van der Waals surface area contributed by atoms with Gasteiger partial charge in [0.25, 0.3) is 0 Å². The molecule has 2 heteroatoms. The molecule has 2 aliphatic carbocycles. The number of hydrogen-bond donors (Lipinski definition) is 1. The Hall–Kier alpha value is -0.890. The zero-order valence-electron chi connectivity index (χ0n) is 10.6. The van der Waals surface area contributed by atoms with Crippen molar-refractivity contribution in [3.63, 3.8) is 0 Å². The average Bonchev–Trinajstić information content (AvgIpc) is 2.33. The highest BCUT2D eigenvalue weighted by Crippen LogP contribution is 2.54. The number of carbonyl (C=O) groups is 1. The Bertz CT molecular complexity index is 358. The molecule has 0 radical (unpaired) electrons. The molecule has 1 N–H and O–H groups in total. The summed E-state index contributed by atoms with van der Waals surface area (Å²) in [6, 6.07) is 0. The van der Waals surface area contributed by atoms with Crippen LogP contribution >= 0.6 is 0 Å². The first kappa shape index (κ1) is 12.6. The van der Waals surface area contributed by atoms with Crippen molar-refractivity contribution < 1.29 is 9.90 Å². The summed E-state index contributed by atoms with van der Waals surface area (Å²) in [5.74, 6) is 0.634. The summed E-state index contributed by atoms with van der Waals surface area (Å²) in [7, 11) is 0. The molecule has 2 rings (SSSR count). The minimum Gasteiger partial charge on any atom is -0.389 e. The fourth-order valence-corrected chi connectivity index (χ4v) is 3.58. The summed E-state index contributed by atoms with van der Waals surface area (Å²) in [6.07, 6.45) is 5.54. The maximum absolute atomic E-state index is 10.8. The smallest absolute Gasteiger partial charge is 0.145 e. The van der Waals surface area contributed by atoms with Gasteiger partial charge in [0.15, 0.2) is 0 Å². The second-order valence-electron chi connectivity index (χ2n) is 6.00. The van der Waals surface area contributed by atoms with E-state index in [1.807, 2.05) is 0 Å². The Morgan fingerprint density at radius 2 is 2.12 bits per heavy atom. The SMILES string of the molecule is C=C(C=O)[C@@H]1CC[C@@]2(C)CC[C@@H](O)C(=C)[C@H]2C1. The van der Waals surface area contributed by atoms with Crippen molar-refractivity contribution in [2.75, 3.05) is 0 Å². The lowest BCUT2D eigenvalue weighted by molar-refractivity contribution is -0.105. The van der Waals surface area contributed by atoms with Gasteiger partial charge in [0.05, 0.1) is 6.10 Å². The topological polar surface area (TPSA) is 37.3 Å². The van der Waals surface area contributed by atoms with E-state index in [1.165, 1.54) is 0 Å². The lowest BCUT2D eigenvalue weighted by Crippen LogP contribution is -2.42. The third-order valence-corrected chi connectivity index (χ3v) is 4.97. The molecule has 94 valence electrons. The van der Waals surface area contributed by atoms with Crippen molar-refractivity contribution in [1.29, 1.82) is 0 Å². The lowest BCUT2D eigenvalue weighted by Gasteiger charge is -2.50. The number of allylic oxidation sites excluding steroid dienone is 1. The van der Waals surface area contributed by atoms with Gasteiger partial charge in [0, 0.05) is 0 Å². The van der Waals surface area contributed by atoms with E-state index in [1.54, 1.807) is 0 Å². The lowest BCUT2D eigenvalue weighted by atomic mass is 9.56. The number of aldehydes is 1. The highest BCUT2D eigenvalue weighted by molar-refractivity contribution is 5.72. The third-order valence-electron chi connectivity index (χ3n) is 4.97. The van der Waals surface area contributed by atoms with E-state index in [9.17, 15) is 9.90 Å². The van der Waals surface area contributed by atoms with E-state index < -0.39 is 0 Å². The van der Waals surface area contributed by atoms with Crippen molar-refractivity contribution >= 4 is 6.29 Å². The molecule has 2 fully saturated rings. The van der Waals surface area contributed by atoms with Crippen molar-refractivity contribution in [1.82, 2.24) is 0 Å². The number of fused-ring (bicyclic) bond motifs is 1. The summed E-state index contributed by atoms with van der Waals surface area (Å²) in [4.78, 5) is 10.8. The minimum absolute atomic E-state index is 0.274. The van der Waals surface area contributed by atoms with Crippen molar-refractivity contribution in [3.8, 4) is 0 Å². The van der Waals surface area contributed by atoms with Crippen molar-refractivity contribution in [2.45, 2.75) is 45.1 Å². The molecule has 0 saturated heterocycles. The van der Waals surface area contributed by atoms with E-state index in [-0.39, 0.29) is 17.4 Å². The van der Waals surface area contributed by atoms with Crippen molar-refractivity contribution in [2.24, 2.45) is 17.3 Å². The van der Waals surface area contributed by atoms with Crippen LogP contribution in [0.1, 0.15) is 39.0 Å². The Morgan fingerprint density at radius 3 is 2.76 bits per heavy atom. The van der Waals surface area contributed by atoms with Gasteiger partial charge in [-0.15, -0.1) is 0 Å². The van der Waals surface area contributed by atoms with Gasteiger partial charge in [0.2, 0.25) is 0 Å². The molecule has 4 atom stereocenters. The number of carbonyl (C=O) groups excluding carboxylic acids is 1. The Balaban J connectivity index is 2.18. The molecule has 0 heterocycles. The van der Waals surface area contributed by atoms with Gasteiger partial charge < -0.3 is 5.11 Å². The molecule has 0 aromatic rings. The van der Waals surface area contributed by atoms with E-state index in [2.05, 4.69) is 20.1 Å². The second kappa shape index (κ2) is 4.41. The van der Waals surface area contributed by atoms with E-state index in [4.69, 9.17) is 0 Å². The monoisotopic (exact) mass is 234 g/mol. The highest BCUT2D eigenvalue weighted by Gasteiger charge is 2.45. The average molecular weight is 234 g/mol. The minimum atomic E-state index is -0.351. The fourth-order valence-electron chi connectivity index (χ4n) is 3.58. The predicted molar refractivity (Wildman–Crippen MR) is 68.5 cm³/mol. The van der Waals surface area contributed by atoms with E-state index in [0.29, 0.717) is 11.5 Å².